The third-order valence-electron chi connectivity index (χ3n) is 7.41. The van der Waals surface area contributed by atoms with Gasteiger partial charge in [-0.2, -0.15) is 0 Å². The van der Waals surface area contributed by atoms with Crippen molar-refractivity contribution in [3.63, 3.8) is 0 Å². The second-order valence-electron chi connectivity index (χ2n) is 10.9. The van der Waals surface area contributed by atoms with Gasteiger partial charge in [0.1, 0.15) is 0 Å². The van der Waals surface area contributed by atoms with Crippen molar-refractivity contribution in [1.82, 2.24) is 0 Å². The van der Waals surface area contributed by atoms with Gasteiger partial charge in [-0.3, -0.25) is 4.99 Å². The van der Waals surface area contributed by atoms with Crippen LogP contribution < -0.4 is 0 Å². The van der Waals surface area contributed by atoms with Gasteiger partial charge in [-0.15, -0.1) is 0 Å². The van der Waals surface area contributed by atoms with Crippen LogP contribution in [0, 0.1) is 13.8 Å². The highest BCUT2D eigenvalue weighted by atomic mass is 14.8. The summed E-state index contributed by atoms with van der Waals surface area (Å²) in [7, 11) is 0. The zero-order valence-electron chi connectivity index (χ0n) is 25.0. The van der Waals surface area contributed by atoms with Crippen molar-refractivity contribution in [1.29, 1.82) is 0 Å². The summed E-state index contributed by atoms with van der Waals surface area (Å²) in [5, 5.41) is 0. The van der Waals surface area contributed by atoms with Crippen LogP contribution in [0.2, 0.25) is 0 Å². The molecule has 0 aliphatic rings. The van der Waals surface area contributed by atoms with Crippen LogP contribution in [-0.2, 0) is 0 Å². The summed E-state index contributed by atoms with van der Waals surface area (Å²) in [6, 6.07) is 16.6. The van der Waals surface area contributed by atoms with Crippen molar-refractivity contribution >= 4 is 22.8 Å². The van der Waals surface area contributed by atoms with E-state index in [2.05, 4.69) is 58.0 Å². The van der Waals surface area contributed by atoms with E-state index in [4.69, 9.17) is 9.98 Å². The lowest BCUT2D eigenvalue weighted by molar-refractivity contribution is 0.533. The van der Waals surface area contributed by atoms with Gasteiger partial charge in [0, 0.05) is 0 Å². The summed E-state index contributed by atoms with van der Waals surface area (Å²) in [6.07, 6.45) is 26.6. The maximum absolute atomic E-state index is 4.97. The third kappa shape index (κ3) is 14.5. The van der Waals surface area contributed by atoms with Crippen LogP contribution in [0.1, 0.15) is 128 Å². The summed E-state index contributed by atoms with van der Waals surface area (Å²) in [6.45, 7) is 8.64. The number of hydrogen-bond donors (Lipinski definition) is 0. The highest BCUT2D eigenvalue weighted by molar-refractivity contribution is 6.46. The molecule has 2 aromatic rings. The second-order valence-corrected chi connectivity index (χ2v) is 10.9. The molecule has 2 heteroatoms. The van der Waals surface area contributed by atoms with Crippen molar-refractivity contribution in [2.45, 2.75) is 130 Å². The molecule has 0 amide bonds. The Morgan fingerprint density at radius 1 is 0.605 bits per heavy atom. The molecule has 0 unspecified atom stereocenters. The molecular weight excluding hydrogens is 460 g/mol. The van der Waals surface area contributed by atoms with E-state index in [1.165, 1.54) is 107 Å². The van der Waals surface area contributed by atoms with Crippen molar-refractivity contribution in [3.8, 4) is 0 Å². The monoisotopic (exact) mass is 514 g/mol. The summed E-state index contributed by atoms with van der Waals surface area (Å²) < 4.78 is 0. The maximum Gasteiger partial charge on any atom is 0.0845 e. The number of benzene rings is 2. The quantitative estimate of drug-likeness (QED) is 0.124. The Balaban J connectivity index is 1.69. The summed E-state index contributed by atoms with van der Waals surface area (Å²) in [5.74, 6) is 0. The van der Waals surface area contributed by atoms with Gasteiger partial charge in [0.25, 0.3) is 0 Å². The van der Waals surface area contributed by atoms with Crippen LogP contribution in [0.25, 0.3) is 0 Å². The summed E-state index contributed by atoms with van der Waals surface area (Å²) in [5.41, 5.74) is 6.41. The molecule has 2 nitrogen and oxygen atoms in total. The predicted octanol–water partition coefficient (Wildman–Crippen LogP) is 12.0. The Labute approximate surface area is 234 Å². The van der Waals surface area contributed by atoms with Crippen molar-refractivity contribution < 1.29 is 0 Å². The molecule has 38 heavy (non-hydrogen) atoms. The maximum atomic E-state index is 4.97. The molecule has 0 saturated carbocycles. The third-order valence-corrected chi connectivity index (χ3v) is 7.41. The lowest BCUT2D eigenvalue weighted by Crippen LogP contribution is -2.06. The SMILES string of the molecule is CCCCCCCCCCCCCCCCC/C=C/C(=Nc1ccc(C)c(C)c1)C(C)=Nc1ccccc1. The average molecular weight is 515 g/mol. The standard InChI is InChI=1S/C36H54N2/c1-5-6-7-8-9-10-11-12-13-14-15-16-17-18-19-20-24-27-36(33(4)37-34-25-22-21-23-26-34)38-35-29-28-31(2)32(3)30-35/h21-30H,5-20H2,1-4H3/b27-24+,37-33?,38-36?. The fourth-order valence-corrected chi connectivity index (χ4v) is 4.75. The van der Waals surface area contributed by atoms with E-state index < -0.39 is 0 Å². The first-order valence-electron chi connectivity index (χ1n) is 15.5. The number of rotatable bonds is 20. The van der Waals surface area contributed by atoms with Gasteiger partial charge < -0.3 is 0 Å². The largest absolute Gasteiger partial charge is 0.252 e. The molecule has 2 aromatic carbocycles. The summed E-state index contributed by atoms with van der Waals surface area (Å²) >= 11 is 0. The van der Waals surface area contributed by atoms with Gasteiger partial charge in [0.2, 0.25) is 0 Å². The molecule has 0 radical (unpaired) electrons. The Bertz CT molecular complexity index is 968. The molecule has 0 heterocycles. The Morgan fingerprint density at radius 3 is 1.71 bits per heavy atom. The van der Waals surface area contributed by atoms with E-state index in [1.54, 1.807) is 0 Å². The zero-order valence-corrected chi connectivity index (χ0v) is 25.0. The van der Waals surface area contributed by atoms with Crippen LogP contribution in [0.15, 0.2) is 70.7 Å². The first-order chi connectivity index (χ1) is 18.6. The molecule has 2 rings (SSSR count). The van der Waals surface area contributed by atoms with Gasteiger partial charge >= 0.3 is 0 Å². The van der Waals surface area contributed by atoms with E-state index >= 15 is 0 Å². The van der Waals surface area contributed by atoms with E-state index in [9.17, 15) is 0 Å². The number of unbranched alkanes of at least 4 members (excludes halogenated alkanes) is 15. The fraction of sp³-hybridized carbons (Fsp3) is 0.556. The predicted molar refractivity (Wildman–Crippen MR) is 171 cm³/mol. The molecule has 0 spiro atoms. The molecule has 0 atom stereocenters. The second kappa shape index (κ2) is 20.5. The number of hydrogen-bond acceptors (Lipinski definition) is 2. The van der Waals surface area contributed by atoms with Gasteiger partial charge in [-0.25, -0.2) is 4.99 Å². The van der Waals surface area contributed by atoms with E-state index in [-0.39, 0.29) is 0 Å². The average Bonchev–Trinajstić information content (AvgIpc) is 2.92. The van der Waals surface area contributed by atoms with Crippen molar-refractivity contribution in [3.05, 3.63) is 71.8 Å². The summed E-state index contributed by atoms with van der Waals surface area (Å²) in [4.78, 5) is 9.79. The molecule has 0 aliphatic heterocycles. The van der Waals surface area contributed by atoms with Gasteiger partial charge in [0.15, 0.2) is 0 Å². The van der Waals surface area contributed by atoms with E-state index in [1.807, 2.05) is 30.3 Å². The first-order valence-corrected chi connectivity index (χ1v) is 15.5. The molecule has 0 aliphatic carbocycles. The number of nitrogens with zero attached hydrogens (tertiary/aromatic N) is 2. The molecule has 208 valence electrons. The minimum absolute atomic E-state index is 0.943. The van der Waals surface area contributed by atoms with Gasteiger partial charge in [-0.05, 0) is 75.1 Å². The molecule has 0 fully saturated rings. The van der Waals surface area contributed by atoms with Crippen molar-refractivity contribution in [2.24, 2.45) is 9.98 Å². The van der Waals surface area contributed by atoms with Gasteiger partial charge in [0.05, 0.1) is 22.8 Å². The lowest BCUT2D eigenvalue weighted by Gasteiger charge is -2.05. The highest BCUT2D eigenvalue weighted by Crippen LogP contribution is 2.19. The number of para-hydroxylation sites is 1. The zero-order chi connectivity index (χ0) is 27.3. The van der Waals surface area contributed by atoms with Crippen LogP contribution in [0.3, 0.4) is 0 Å². The minimum Gasteiger partial charge on any atom is -0.252 e. The number of allylic oxidation sites excluding steroid dienone is 2. The van der Waals surface area contributed by atoms with Crippen LogP contribution in [-0.4, -0.2) is 11.4 Å². The van der Waals surface area contributed by atoms with Crippen LogP contribution >= 0.6 is 0 Å². The minimum atomic E-state index is 0.943. The number of aliphatic imine (C=N–C) groups is 2. The molecule has 0 saturated heterocycles. The van der Waals surface area contributed by atoms with Gasteiger partial charge in [-0.1, -0.05) is 127 Å². The Kier molecular flexibility index (Phi) is 17.1. The lowest BCUT2D eigenvalue weighted by atomic mass is 10.0. The van der Waals surface area contributed by atoms with Crippen molar-refractivity contribution in [2.75, 3.05) is 0 Å². The smallest absolute Gasteiger partial charge is 0.0845 e. The first kappa shape index (κ1) is 31.7. The molecule has 0 N–H and O–H groups in total. The fourth-order valence-electron chi connectivity index (χ4n) is 4.75. The van der Waals surface area contributed by atoms with E-state index in [0.717, 1.165) is 29.2 Å². The molecular formula is C36H54N2. The van der Waals surface area contributed by atoms with E-state index in [0.29, 0.717) is 0 Å². The Hall–Kier alpha value is -2.48. The molecule has 0 aromatic heterocycles. The highest BCUT2D eigenvalue weighted by Gasteiger charge is 2.03. The Morgan fingerprint density at radius 2 is 1.16 bits per heavy atom. The molecule has 0 bridgehead atoms. The topological polar surface area (TPSA) is 24.7 Å². The van der Waals surface area contributed by atoms with Crippen LogP contribution in [0.4, 0.5) is 11.4 Å². The normalized spacial score (nSPS) is 12.5. The van der Waals surface area contributed by atoms with Crippen LogP contribution in [0.5, 0.6) is 0 Å². The number of aryl methyl sites for hydroxylation is 2.